The molecule has 6 heteroatoms. The van der Waals surface area contributed by atoms with Gasteiger partial charge in [0.05, 0.1) is 12.9 Å². The van der Waals surface area contributed by atoms with Gasteiger partial charge in [0.15, 0.2) is 9.84 Å². The van der Waals surface area contributed by atoms with Crippen molar-refractivity contribution < 1.29 is 17.9 Å². The number of hydrogen-bond acceptors (Lipinski definition) is 5. The van der Waals surface area contributed by atoms with Gasteiger partial charge >= 0.3 is 5.97 Å². The monoisotopic (exact) mass is 235 g/mol. The van der Waals surface area contributed by atoms with Gasteiger partial charge in [-0.3, -0.25) is 4.79 Å². The fourth-order valence-corrected chi connectivity index (χ4v) is 3.32. The van der Waals surface area contributed by atoms with Crippen molar-refractivity contribution in [1.29, 1.82) is 0 Å². The third-order valence-corrected chi connectivity index (χ3v) is 4.11. The molecular formula is C9H17NO4S. The van der Waals surface area contributed by atoms with E-state index in [0.717, 1.165) is 25.9 Å². The standard InChI is InChI=1S/C9H17NO4S/c1-14-9(11)7-15(12,13)6-8-3-2-4-10-5-8/h8,10H,2-7H2,1H3. The van der Waals surface area contributed by atoms with Crippen LogP contribution < -0.4 is 5.32 Å². The number of esters is 1. The number of sulfone groups is 1. The molecule has 0 aromatic rings. The summed E-state index contributed by atoms with van der Waals surface area (Å²) in [4.78, 5) is 10.9. The highest BCUT2D eigenvalue weighted by molar-refractivity contribution is 7.92. The van der Waals surface area contributed by atoms with Crippen LogP contribution in [0.1, 0.15) is 12.8 Å². The maximum Gasteiger partial charge on any atom is 0.320 e. The van der Waals surface area contributed by atoms with Crippen LogP contribution in [0.5, 0.6) is 0 Å². The summed E-state index contributed by atoms with van der Waals surface area (Å²) in [7, 11) is -2.11. The van der Waals surface area contributed by atoms with Crippen molar-refractivity contribution >= 4 is 15.8 Å². The number of carbonyl (C=O) groups excluding carboxylic acids is 1. The molecule has 0 radical (unpaired) electrons. The second-order valence-corrected chi connectivity index (χ2v) is 5.95. The van der Waals surface area contributed by atoms with Gasteiger partial charge in [0.25, 0.3) is 0 Å². The minimum Gasteiger partial charge on any atom is -0.468 e. The lowest BCUT2D eigenvalue weighted by atomic mass is 10.0. The van der Waals surface area contributed by atoms with Gasteiger partial charge < -0.3 is 10.1 Å². The van der Waals surface area contributed by atoms with Crippen molar-refractivity contribution in [2.75, 3.05) is 31.7 Å². The number of hydrogen-bond donors (Lipinski definition) is 1. The van der Waals surface area contributed by atoms with E-state index in [1.807, 2.05) is 0 Å². The minimum atomic E-state index is -3.31. The molecule has 1 aliphatic heterocycles. The van der Waals surface area contributed by atoms with E-state index >= 15 is 0 Å². The lowest BCUT2D eigenvalue weighted by molar-refractivity contribution is -0.137. The molecule has 0 spiro atoms. The zero-order valence-electron chi connectivity index (χ0n) is 8.86. The topological polar surface area (TPSA) is 72.5 Å². The van der Waals surface area contributed by atoms with Gasteiger partial charge in [0.1, 0.15) is 5.75 Å². The predicted molar refractivity (Wildman–Crippen MR) is 56.3 cm³/mol. The Labute approximate surface area is 90.1 Å². The van der Waals surface area contributed by atoms with Gasteiger partial charge in [0, 0.05) is 0 Å². The van der Waals surface area contributed by atoms with Gasteiger partial charge in [-0.25, -0.2) is 8.42 Å². The Morgan fingerprint density at radius 3 is 2.80 bits per heavy atom. The van der Waals surface area contributed by atoms with Crippen molar-refractivity contribution in [3.05, 3.63) is 0 Å². The van der Waals surface area contributed by atoms with E-state index in [4.69, 9.17) is 0 Å². The Hall–Kier alpha value is -0.620. The molecule has 1 fully saturated rings. The lowest BCUT2D eigenvalue weighted by Gasteiger charge is -2.22. The maximum absolute atomic E-state index is 11.5. The first-order valence-corrected chi connectivity index (χ1v) is 6.83. The molecule has 1 aliphatic rings. The highest BCUT2D eigenvalue weighted by Gasteiger charge is 2.23. The molecular weight excluding hydrogens is 218 g/mol. The molecule has 0 saturated carbocycles. The normalized spacial score (nSPS) is 22.3. The third-order valence-electron chi connectivity index (χ3n) is 2.45. The average Bonchev–Trinajstić information content (AvgIpc) is 2.17. The molecule has 0 amide bonds. The van der Waals surface area contributed by atoms with Crippen LogP contribution >= 0.6 is 0 Å². The first kappa shape index (κ1) is 12.4. The Morgan fingerprint density at radius 2 is 2.27 bits per heavy atom. The fraction of sp³-hybridized carbons (Fsp3) is 0.889. The van der Waals surface area contributed by atoms with Crippen LogP contribution in [-0.4, -0.2) is 46.1 Å². The van der Waals surface area contributed by atoms with E-state index in [1.165, 1.54) is 7.11 Å². The molecule has 1 saturated heterocycles. The quantitative estimate of drug-likeness (QED) is 0.670. The van der Waals surface area contributed by atoms with Crippen LogP contribution in [0.3, 0.4) is 0 Å². The fourth-order valence-electron chi connectivity index (χ4n) is 1.72. The molecule has 1 rings (SSSR count). The van der Waals surface area contributed by atoms with E-state index in [-0.39, 0.29) is 11.7 Å². The van der Waals surface area contributed by atoms with Gasteiger partial charge in [-0.05, 0) is 31.8 Å². The number of nitrogens with one attached hydrogen (secondary N) is 1. The number of rotatable bonds is 4. The molecule has 0 aromatic heterocycles. The van der Waals surface area contributed by atoms with Crippen LogP contribution in [0.15, 0.2) is 0 Å². The molecule has 15 heavy (non-hydrogen) atoms. The number of piperidine rings is 1. The minimum absolute atomic E-state index is 0.0785. The summed E-state index contributed by atoms with van der Waals surface area (Å²) in [6.45, 7) is 1.67. The number of ether oxygens (including phenoxy) is 1. The van der Waals surface area contributed by atoms with Crippen LogP contribution in [0.2, 0.25) is 0 Å². The molecule has 1 heterocycles. The molecule has 0 aliphatic carbocycles. The van der Waals surface area contributed by atoms with Crippen molar-refractivity contribution in [2.24, 2.45) is 5.92 Å². The summed E-state index contributed by atoms with van der Waals surface area (Å²) in [5, 5.41) is 3.14. The Balaban J connectivity index is 2.44. The highest BCUT2D eigenvalue weighted by Crippen LogP contribution is 2.12. The zero-order valence-corrected chi connectivity index (χ0v) is 9.68. The first-order chi connectivity index (χ1) is 7.03. The SMILES string of the molecule is COC(=O)CS(=O)(=O)CC1CCCNC1. The molecule has 0 aromatic carbocycles. The van der Waals surface area contributed by atoms with E-state index in [0.29, 0.717) is 0 Å². The number of carbonyl (C=O) groups is 1. The van der Waals surface area contributed by atoms with E-state index in [2.05, 4.69) is 10.1 Å². The van der Waals surface area contributed by atoms with E-state index in [1.54, 1.807) is 0 Å². The highest BCUT2D eigenvalue weighted by atomic mass is 32.2. The van der Waals surface area contributed by atoms with Crippen molar-refractivity contribution in [1.82, 2.24) is 5.32 Å². The summed E-state index contributed by atoms with van der Waals surface area (Å²) < 4.78 is 27.4. The van der Waals surface area contributed by atoms with Crippen LogP contribution in [0.4, 0.5) is 0 Å². The Kier molecular flexibility index (Phi) is 4.53. The van der Waals surface area contributed by atoms with Crippen molar-refractivity contribution in [2.45, 2.75) is 12.8 Å². The smallest absolute Gasteiger partial charge is 0.320 e. The maximum atomic E-state index is 11.5. The third kappa shape index (κ3) is 4.61. The second-order valence-electron chi connectivity index (χ2n) is 3.84. The van der Waals surface area contributed by atoms with E-state index in [9.17, 15) is 13.2 Å². The Morgan fingerprint density at radius 1 is 1.53 bits per heavy atom. The van der Waals surface area contributed by atoms with Crippen molar-refractivity contribution in [3.8, 4) is 0 Å². The molecule has 88 valence electrons. The lowest BCUT2D eigenvalue weighted by Crippen LogP contribution is -2.35. The molecule has 1 unspecified atom stereocenters. The second kappa shape index (κ2) is 5.46. The van der Waals surface area contributed by atoms with Crippen molar-refractivity contribution in [3.63, 3.8) is 0 Å². The van der Waals surface area contributed by atoms with E-state index < -0.39 is 21.6 Å². The summed E-state index contributed by atoms with van der Waals surface area (Å²) >= 11 is 0. The molecule has 1 N–H and O–H groups in total. The van der Waals surface area contributed by atoms with Gasteiger partial charge in [-0.2, -0.15) is 0 Å². The van der Waals surface area contributed by atoms with Crippen LogP contribution in [-0.2, 0) is 19.4 Å². The van der Waals surface area contributed by atoms with Gasteiger partial charge in [-0.15, -0.1) is 0 Å². The van der Waals surface area contributed by atoms with Gasteiger partial charge in [-0.1, -0.05) is 0 Å². The summed E-state index contributed by atoms with van der Waals surface area (Å²) in [6.07, 6.45) is 1.91. The first-order valence-electron chi connectivity index (χ1n) is 5.01. The summed E-state index contributed by atoms with van der Waals surface area (Å²) in [5.41, 5.74) is 0. The Bertz CT molecular complexity index is 306. The average molecular weight is 235 g/mol. The molecule has 0 bridgehead atoms. The van der Waals surface area contributed by atoms with Crippen LogP contribution in [0.25, 0.3) is 0 Å². The number of methoxy groups -OCH3 is 1. The summed E-state index contributed by atoms with van der Waals surface area (Å²) in [6, 6.07) is 0. The largest absolute Gasteiger partial charge is 0.468 e. The predicted octanol–water partition coefficient (Wildman–Crippen LogP) is -0.426. The van der Waals surface area contributed by atoms with Gasteiger partial charge in [0.2, 0.25) is 0 Å². The van der Waals surface area contributed by atoms with Crippen LogP contribution in [0, 0.1) is 5.92 Å². The zero-order chi connectivity index (χ0) is 11.3. The summed E-state index contributed by atoms with van der Waals surface area (Å²) in [5.74, 6) is -0.970. The molecule has 1 atom stereocenters. The molecule has 5 nitrogen and oxygen atoms in total.